The quantitative estimate of drug-likeness (QED) is 0.128. The number of para-hydroxylation sites is 4. The van der Waals surface area contributed by atoms with Crippen molar-refractivity contribution >= 4 is 44.6 Å². The van der Waals surface area contributed by atoms with Crippen molar-refractivity contribution < 1.29 is 25.8 Å². The van der Waals surface area contributed by atoms with Crippen molar-refractivity contribution in [3.8, 4) is 73.0 Å². The summed E-state index contributed by atoms with van der Waals surface area (Å²) in [6.07, 6.45) is 2.07. The van der Waals surface area contributed by atoms with Gasteiger partial charge in [0.2, 0.25) is 0 Å². The van der Waals surface area contributed by atoms with Gasteiger partial charge in [0.15, 0.2) is 0 Å². The van der Waals surface area contributed by atoms with Gasteiger partial charge in [-0.25, -0.2) is 4.98 Å². The summed E-state index contributed by atoms with van der Waals surface area (Å²) in [6, 6.07) is 89.0. The Hall–Kier alpha value is -8.76. The molecule has 5 nitrogen and oxygen atoms in total. The molecule has 0 saturated heterocycles. The van der Waals surface area contributed by atoms with Crippen molar-refractivity contribution in [3.63, 3.8) is 0 Å². The standard InChI is InChI=1S/C82H75N4O.Pt/c1-79(2,3)60-41-35-55(36-42-60)66-30-22-31-67(59-26-20-25-58(47-59)54-23-14-13-15-24-54)78(66)85-53-84(73-33-18-19-34-74(73)85)63-27-21-28-64(48-63)87-65-49-69(56-37-43-61(44-38-56)80(4,5)6)77-68-29-16-17-32-72(68)86(75(77)50-65)76-51-71(82(10,11)12)70(52-83-76)57-39-45-62(46-40-57)81(7,8)9;/h13-47,49,51-53H,1-12H3;/q-3;. The zero-order valence-corrected chi connectivity index (χ0v) is 54.8. The van der Waals surface area contributed by atoms with Crippen LogP contribution < -0.4 is 14.5 Å². The summed E-state index contributed by atoms with van der Waals surface area (Å²) in [5.74, 6) is 1.96. The van der Waals surface area contributed by atoms with Crippen molar-refractivity contribution in [3.05, 3.63) is 272 Å². The first-order chi connectivity index (χ1) is 41.7. The first kappa shape index (κ1) is 59.6. The molecule has 0 N–H and O–H groups in total. The molecule has 0 radical (unpaired) electrons. The second-order valence-corrected chi connectivity index (χ2v) is 27.4. The second kappa shape index (κ2) is 23.1. The molecule has 0 amide bonds. The number of pyridine rings is 1. The number of fused-ring (bicyclic) bond motifs is 4. The number of anilines is 4. The third kappa shape index (κ3) is 11.4. The summed E-state index contributed by atoms with van der Waals surface area (Å²) in [7, 11) is 0. The van der Waals surface area contributed by atoms with Gasteiger partial charge < -0.3 is 19.1 Å². The van der Waals surface area contributed by atoms with E-state index in [1.54, 1.807) is 0 Å². The van der Waals surface area contributed by atoms with Gasteiger partial charge in [-0.2, -0.15) is 6.07 Å². The minimum atomic E-state index is -0.198. The minimum absolute atomic E-state index is 0. The van der Waals surface area contributed by atoms with Gasteiger partial charge >= 0.3 is 0 Å². The van der Waals surface area contributed by atoms with Crippen LogP contribution in [0.25, 0.3) is 83.3 Å². The Balaban J connectivity index is 0.00000754. The fraction of sp³-hybridized carbons (Fsp3) is 0.195. The summed E-state index contributed by atoms with van der Waals surface area (Å²) < 4.78 is 9.42. The normalized spacial score (nSPS) is 12.8. The van der Waals surface area contributed by atoms with Gasteiger partial charge in [0.25, 0.3) is 0 Å². The molecule has 0 aliphatic carbocycles. The maximum absolute atomic E-state index is 7.14. The van der Waals surface area contributed by atoms with Crippen LogP contribution in [-0.4, -0.2) is 9.55 Å². The zero-order chi connectivity index (χ0) is 60.6. The van der Waals surface area contributed by atoms with E-state index >= 15 is 0 Å². The third-order valence-corrected chi connectivity index (χ3v) is 17.2. The van der Waals surface area contributed by atoms with Crippen LogP contribution in [0.2, 0.25) is 0 Å². The smallest absolute Gasteiger partial charge is 0.135 e. The van der Waals surface area contributed by atoms with Crippen molar-refractivity contribution in [2.24, 2.45) is 0 Å². The maximum Gasteiger partial charge on any atom is 0.135 e. The van der Waals surface area contributed by atoms with Crippen LogP contribution in [0.1, 0.15) is 105 Å². The summed E-state index contributed by atoms with van der Waals surface area (Å²) in [5.41, 5.74) is 22.2. The molecule has 6 heteroatoms. The average Bonchev–Trinajstić information content (AvgIpc) is 1.63. The number of hydrogen-bond donors (Lipinski definition) is 0. The van der Waals surface area contributed by atoms with E-state index in [-0.39, 0.29) is 42.7 Å². The molecular formula is C82H75N4OPt-3. The Bertz CT molecular complexity index is 4530. The van der Waals surface area contributed by atoms with Crippen molar-refractivity contribution in [1.29, 1.82) is 0 Å². The molecule has 442 valence electrons. The van der Waals surface area contributed by atoms with E-state index in [1.807, 2.05) is 6.07 Å². The molecule has 2 aromatic heterocycles. The summed E-state index contributed by atoms with van der Waals surface area (Å²) >= 11 is 0. The molecule has 0 saturated carbocycles. The monoisotopic (exact) mass is 1330 g/mol. The van der Waals surface area contributed by atoms with Crippen LogP contribution in [-0.2, 0) is 42.7 Å². The van der Waals surface area contributed by atoms with Gasteiger partial charge in [-0.1, -0.05) is 264 Å². The Morgan fingerprint density at radius 2 is 0.909 bits per heavy atom. The van der Waals surface area contributed by atoms with E-state index in [0.29, 0.717) is 11.5 Å². The van der Waals surface area contributed by atoms with E-state index in [9.17, 15) is 0 Å². The van der Waals surface area contributed by atoms with Gasteiger partial charge in [0.1, 0.15) is 5.82 Å². The molecule has 1 aliphatic heterocycles. The van der Waals surface area contributed by atoms with Crippen LogP contribution in [0, 0.1) is 18.8 Å². The van der Waals surface area contributed by atoms with Crippen LogP contribution >= 0.6 is 0 Å². The predicted octanol–water partition coefficient (Wildman–Crippen LogP) is 22.5. The number of benzene rings is 10. The topological polar surface area (TPSA) is 33.5 Å². The molecule has 0 bridgehead atoms. The Morgan fingerprint density at radius 3 is 1.52 bits per heavy atom. The average molecular weight is 1330 g/mol. The second-order valence-electron chi connectivity index (χ2n) is 27.4. The Morgan fingerprint density at radius 1 is 0.398 bits per heavy atom. The SMILES string of the molecule is CC(C)(C)c1ccc(-c2cnc(-n3c4[c-]c(Oc5[c-]c(N6[CH-]N(c7c(-c8ccc(C(C)(C)C)cc8)cccc7-c7cccc(-c8ccccc8)c7)c7ccccc76)ccc5)cc(-c5ccc(C(C)(C)C)cc5)c4c4ccccc43)cc2C(C)(C)C)cc1.[Pt]. The van der Waals surface area contributed by atoms with Gasteiger partial charge in [0.05, 0.1) is 0 Å². The number of ether oxygens (including phenoxy) is 1. The van der Waals surface area contributed by atoms with Crippen LogP contribution in [0.15, 0.2) is 231 Å². The number of nitrogens with zero attached hydrogens (tertiary/aromatic N) is 4. The molecule has 12 aromatic rings. The number of hydrogen-bond acceptors (Lipinski definition) is 4. The van der Waals surface area contributed by atoms with Gasteiger partial charge in [-0.3, -0.25) is 0 Å². The van der Waals surface area contributed by atoms with Crippen molar-refractivity contribution in [2.75, 3.05) is 9.80 Å². The van der Waals surface area contributed by atoms with Crippen LogP contribution in [0.4, 0.5) is 22.7 Å². The molecule has 0 atom stereocenters. The largest absolute Gasteiger partial charge is 0.509 e. The Kier molecular flexibility index (Phi) is 15.6. The molecule has 0 spiro atoms. The van der Waals surface area contributed by atoms with E-state index in [1.165, 1.54) is 33.4 Å². The molecule has 13 rings (SSSR count). The molecule has 1 aliphatic rings. The van der Waals surface area contributed by atoms with Gasteiger partial charge in [-0.05, 0) is 113 Å². The Labute approximate surface area is 535 Å². The molecule has 0 unspecified atom stereocenters. The van der Waals surface area contributed by atoms with Crippen LogP contribution in [0.3, 0.4) is 0 Å². The summed E-state index contributed by atoms with van der Waals surface area (Å²) in [5, 5.41) is 2.20. The van der Waals surface area contributed by atoms with E-state index in [2.05, 4.69) is 341 Å². The van der Waals surface area contributed by atoms with Crippen molar-refractivity contribution in [1.82, 2.24) is 9.55 Å². The fourth-order valence-corrected chi connectivity index (χ4v) is 12.4. The maximum atomic E-state index is 7.14. The molecule has 0 fully saturated rings. The van der Waals surface area contributed by atoms with E-state index in [0.717, 1.165) is 94.9 Å². The van der Waals surface area contributed by atoms with Crippen molar-refractivity contribution in [2.45, 2.75) is 105 Å². The number of aromatic nitrogens is 2. The third-order valence-electron chi connectivity index (χ3n) is 17.2. The fourth-order valence-electron chi connectivity index (χ4n) is 12.4. The first-order valence-corrected chi connectivity index (χ1v) is 30.5. The predicted molar refractivity (Wildman–Crippen MR) is 366 cm³/mol. The van der Waals surface area contributed by atoms with Crippen LogP contribution in [0.5, 0.6) is 11.5 Å². The molecular weight excluding hydrogens is 1250 g/mol. The molecule has 3 heterocycles. The van der Waals surface area contributed by atoms with E-state index in [4.69, 9.17) is 9.72 Å². The first-order valence-electron chi connectivity index (χ1n) is 30.5. The van der Waals surface area contributed by atoms with Gasteiger partial charge in [0, 0.05) is 78.0 Å². The molecule has 88 heavy (non-hydrogen) atoms. The van der Waals surface area contributed by atoms with E-state index < -0.39 is 0 Å². The summed E-state index contributed by atoms with van der Waals surface area (Å²) in [4.78, 5) is 9.95. The van der Waals surface area contributed by atoms with Gasteiger partial charge in [-0.15, -0.1) is 48.3 Å². The summed E-state index contributed by atoms with van der Waals surface area (Å²) in [6.45, 7) is 29.5. The molecule has 10 aromatic carbocycles. The number of rotatable bonds is 10. The zero-order valence-electron chi connectivity index (χ0n) is 52.5. The minimum Gasteiger partial charge on any atom is -0.509 e.